The lowest BCUT2D eigenvalue weighted by Crippen LogP contribution is -1.94. The van der Waals surface area contributed by atoms with E-state index in [-0.39, 0.29) is 17.2 Å². The first-order chi connectivity index (χ1) is 8.06. The molecule has 0 aliphatic rings. The third-order valence-electron chi connectivity index (χ3n) is 2.08. The molecule has 5 heteroatoms. The Bertz CT molecular complexity index is 560. The van der Waals surface area contributed by atoms with E-state index in [0.717, 1.165) is 6.07 Å². The second-order valence-corrected chi connectivity index (χ2v) is 4.27. The van der Waals surface area contributed by atoms with Gasteiger partial charge in [-0.15, -0.1) is 0 Å². The molecule has 0 saturated carbocycles. The average Bonchev–Trinajstić information content (AvgIpc) is 2.27. The van der Waals surface area contributed by atoms with Crippen molar-refractivity contribution in [2.24, 2.45) is 0 Å². The van der Waals surface area contributed by atoms with Crippen molar-refractivity contribution in [3.8, 4) is 11.5 Å². The van der Waals surface area contributed by atoms with Crippen LogP contribution in [0.25, 0.3) is 0 Å². The van der Waals surface area contributed by atoms with Crippen LogP contribution in [0.4, 0.5) is 14.5 Å². The molecule has 17 heavy (non-hydrogen) atoms. The maximum atomic E-state index is 13.4. The second kappa shape index (κ2) is 4.71. The SMILES string of the molecule is Nc1cc(F)ccc1Oc1cc(Br)ccc1F. The molecule has 0 heterocycles. The normalized spacial score (nSPS) is 10.3. The number of rotatable bonds is 2. The molecule has 0 amide bonds. The Morgan fingerprint density at radius 2 is 1.76 bits per heavy atom. The van der Waals surface area contributed by atoms with Gasteiger partial charge in [0.25, 0.3) is 0 Å². The minimum atomic E-state index is -0.517. The van der Waals surface area contributed by atoms with Crippen LogP contribution in [0.3, 0.4) is 0 Å². The molecule has 0 aromatic heterocycles. The summed E-state index contributed by atoms with van der Waals surface area (Å²) in [6, 6.07) is 7.95. The number of ether oxygens (including phenoxy) is 1. The molecule has 2 nitrogen and oxygen atoms in total. The summed E-state index contributed by atoms with van der Waals surface area (Å²) in [5, 5.41) is 0. The fourth-order valence-electron chi connectivity index (χ4n) is 1.29. The lowest BCUT2D eigenvalue weighted by Gasteiger charge is -2.09. The smallest absolute Gasteiger partial charge is 0.165 e. The first-order valence-electron chi connectivity index (χ1n) is 4.74. The molecule has 0 bridgehead atoms. The first kappa shape index (κ1) is 11.9. The van der Waals surface area contributed by atoms with Gasteiger partial charge in [0.15, 0.2) is 17.3 Å². The van der Waals surface area contributed by atoms with Gasteiger partial charge in [-0.3, -0.25) is 0 Å². The van der Waals surface area contributed by atoms with Gasteiger partial charge in [-0.05, 0) is 30.3 Å². The van der Waals surface area contributed by atoms with Gasteiger partial charge in [-0.25, -0.2) is 8.78 Å². The quantitative estimate of drug-likeness (QED) is 0.847. The molecule has 2 N–H and O–H groups in total. The van der Waals surface area contributed by atoms with E-state index in [1.54, 1.807) is 6.07 Å². The van der Waals surface area contributed by atoms with Crippen LogP contribution in [0, 0.1) is 11.6 Å². The van der Waals surface area contributed by atoms with Crippen molar-refractivity contribution in [2.45, 2.75) is 0 Å². The van der Waals surface area contributed by atoms with E-state index in [4.69, 9.17) is 10.5 Å². The van der Waals surface area contributed by atoms with Crippen molar-refractivity contribution >= 4 is 21.6 Å². The van der Waals surface area contributed by atoms with Crippen molar-refractivity contribution in [3.05, 3.63) is 52.5 Å². The van der Waals surface area contributed by atoms with E-state index < -0.39 is 11.6 Å². The van der Waals surface area contributed by atoms with Gasteiger partial charge in [0, 0.05) is 10.5 Å². The molecular weight excluding hydrogens is 292 g/mol. The van der Waals surface area contributed by atoms with Gasteiger partial charge in [-0.1, -0.05) is 15.9 Å². The predicted octanol–water partition coefficient (Wildman–Crippen LogP) is 4.10. The van der Waals surface area contributed by atoms with Crippen molar-refractivity contribution in [3.63, 3.8) is 0 Å². The Morgan fingerprint density at radius 3 is 2.47 bits per heavy atom. The molecule has 2 rings (SSSR count). The molecule has 2 aromatic rings. The number of nitrogen functional groups attached to an aromatic ring is 1. The highest BCUT2D eigenvalue weighted by atomic mass is 79.9. The molecule has 88 valence electrons. The summed E-state index contributed by atoms with van der Waals surface area (Å²) in [4.78, 5) is 0. The summed E-state index contributed by atoms with van der Waals surface area (Å²) in [6.07, 6.45) is 0. The van der Waals surface area contributed by atoms with Crippen molar-refractivity contribution in [1.82, 2.24) is 0 Å². The summed E-state index contributed by atoms with van der Waals surface area (Å²) in [7, 11) is 0. The highest BCUT2D eigenvalue weighted by Gasteiger charge is 2.08. The van der Waals surface area contributed by atoms with Crippen LogP contribution >= 0.6 is 15.9 Å². The average molecular weight is 300 g/mol. The summed E-state index contributed by atoms with van der Waals surface area (Å²) >= 11 is 3.20. The van der Waals surface area contributed by atoms with Gasteiger partial charge >= 0.3 is 0 Å². The number of halogens is 3. The summed E-state index contributed by atoms with van der Waals surface area (Å²) < 4.78 is 32.2. The van der Waals surface area contributed by atoms with E-state index in [1.165, 1.54) is 24.3 Å². The van der Waals surface area contributed by atoms with E-state index in [1.807, 2.05) is 0 Å². The zero-order chi connectivity index (χ0) is 12.4. The molecule has 0 atom stereocenters. The molecule has 0 fully saturated rings. The van der Waals surface area contributed by atoms with Gasteiger partial charge in [0.2, 0.25) is 0 Å². The summed E-state index contributed by atoms with van der Waals surface area (Å²) in [5.74, 6) is -0.748. The van der Waals surface area contributed by atoms with Crippen molar-refractivity contribution < 1.29 is 13.5 Å². The van der Waals surface area contributed by atoms with Crippen LogP contribution in [0.15, 0.2) is 40.9 Å². The molecule has 0 aliphatic heterocycles. The number of hydrogen-bond donors (Lipinski definition) is 1. The molecule has 0 radical (unpaired) electrons. The molecule has 2 aromatic carbocycles. The molecule has 0 spiro atoms. The topological polar surface area (TPSA) is 35.2 Å². The number of hydrogen-bond acceptors (Lipinski definition) is 2. The van der Waals surface area contributed by atoms with Crippen molar-refractivity contribution in [1.29, 1.82) is 0 Å². The Hall–Kier alpha value is -1.62. The Morgan fingerprint density at radius 1 is 1.00 bits per heavy atom. The third-order valence-corrected chi connectivity index (χ3v) is 2.58. The van der Waals surface area contributed by atoms with Crippen molar-refractivity contribution in [2.75, 3.05) is 5.73 Å². The van der Waals surface area contributed by atoms with E-state index in [9.17, 15) is 8.78 Å². The highest BCUT2D eigenvalue weighted by Crippen LogP contribution is 2.31. The minimum absolute atomic E-state index is 0.0256. The van der Waals surface area contributed by atoms with E-state index in [0.29, 0.717) is 4.47 Å². The van der Waals surface area contributed by atoms with Crippen LogP contribution in [-0.4, -0.2) is 0 Å². The summed E-state index contributed by atoms with van der Waals surface area (Å²) in [5.41, 5.74) is 5.67. The molecule has 0 unspecified atom stereocenters. The van der Waals surface area contributed by atoms with Gasteiger partial charge in [-0.2, -0.15) is 0 Å². The molecule has 0 aliphatic carbocycles. The van der Waals surface area contributed by atoms with Gasteiger partial charge in [0.1, 0.15) is 5.82 Å². The zero-order valence-electron chi connectivity index (χ0n) is 8.58. The van der Waals surface area contributed by atoms with Crippen LogP contribution in [0.5, 0.6) is 11.5 Å². The second-order valence-electron chi connectivity index (χ2n) is 3.36. The molecular formula is C12H8BrF2NO. The van der Waals surface area contributed by atoms with Crippen LogP contribution in [0.2, 0.25) is 0 Å². The third kappa shape index (κ3) is 2.74. The maximum absolute atomic E-state index is 13.4. The Balaban J connectivity index is 2.34. The standard InChI is InChI=1S/C12H8BrF2NO/c13-7-1-3-9(15)12(5-7)17-11-4-2-8(14)6-10(11)16/h1-6H,16H2. The van der Waals surface area contributed by atoms with E-state index in [2.05, 4.69) is 15.9 Å². The zero-order valence-corrected chi connectivity index (χ0v) is 10.2. The van der Waals surface area contributed by atoms with Gasteiger partial charge in [0.05, 0.1) is 5.69 Å². The molecule has 0 saturated heterocycles. The Kier molecular flexibility index (Phi) is 3.28. The fraction of sp³-hybridized carbons (Fsp3) is 0. The lowest BCUT2D eigenvalue weighted by molar-refractivity contribution is 0.442. The number of anilines is 1. The minimum Gasteiger partial charge on any atom is -0.452 e. The van der Waals surface area contributed by atoms with Crippen LogP contribution < -0.4 is 10.5 Å². The number of benzene rings is 2. The number of nitrogens with two attached hydrogens (primary N) is 1. The largest absolute Gasteiger partial charge is 0.452 e. The monoisotopic (exact) mass is 299 g/mol. The highest BCUT2D eigenvalue weighted by molar-refractivity contribution is 9.10. The van der Waals surface area contributed by atoms with E-state index >= 15 is 0 Å². The Labute approximate surface area is 105 Å². The predicted molar refractivity (Wildman–Crippen MR) is 65.0 cm³/mol. The van der Waals surface area contributed by atoms with Gasteiger partial charge < -0.3 is 10.5 Å². The summed E-state index contributed by atoms with van der Waals surface area (Å²) in [6.45, 7) is 0. The maximum Gasteiger partial charge on any atom is 0.165 e. The van der Waals surface area contributed by atoms with Crippen LogP contribution in [-0.2, 0) is 0 Å². The lowest BCUT2D eigenvalue weighted by atomic mass is 10.3. The van der Waals surface area contributed by atoms with Crippen LogP contribution in [0.1, 0.15) is 0 Å². The fourth-order valence-corrected chi connectivity index (χ4v) is 1.63. The first-order valence-corrected chi connectivity index (χ1v) is 5.53.